The van der Waals surface area contributed by atoms with E-state index in [9.17, 15) is 15.3 Å². The van der Waals surface area contributed by atoms with Gasteiger partial charge in [0.15, 0.2) is 0 Å². The van der Waals surface area contributed by atoms with Crippen LogP contribution in [0.4, 0.5) is 0 Å². The average molecular weight is 273 g/mol. The van der Waals surface area contributed by atoms with Gasteiger partial charge in [-0.2, -0.15) is 0 Å². The Balaban J connectivity index is 2.32. The van der Waals surface area contributed by atoms with Gasteiger partial charge in [0, 0.05) is 16.8 Å². The van der Waals surface area contributed by atoms with Crippen molar-refractivity contribution in [1.29, 1.82) is 0 Å². The molecule has 0 fully saturated rings. The van der Waals surface area contributed by atoms with Crippen LogP contribution in [0, 0.1) is 0 Å². The van der Waals surface area contributed by atoms with Gasteiger partial charge in [0.2, 0.25) is 0 Å². The van der Waals surface area contributed by atoms with E-state index in [1.54, 1.807) is 30.3 Å². The van der Waals surface area contributed by atoms with E-state index in [-0.39, 0.29) is 18.7 Å². The summed E-state index contributed by atoms with van der Waals surface area (Å²) in [5.41, 5.74) is 8.73. The molecule has 0 heterocycles. The minimum Gasteiger partial charge on any atom is -0.507 e. The van der Waals surface area contributed by atoms with E-state index >= 15 is 0 Å². The van der Waals surface area contributed by atoms with E-state index in [0.29, 0.717) is 16.3 Å². The predicted octanol–water partition coefficient (Wildman–Crippen LogP) is 2.64. The summed E-state index contributed by atoms with van der Waals surface area (Å²) in [6, 6.07) is 10.2. The number of benzene rings is 2. The zero-order valence-electron chi connectivity index (χ0n) is 10.7. The lowest BCUT2D eigenvalue weighted by atomic mass is 9.95. The van der Waals surface area contributed by atoms with Crippen molar-refractivity contribution in [1.82, 2.24) is 0 Å². The highest BCUT2D eigenvalue weighted by Gasteiger charge is 2.20. The van der Waals surface area contributed by atoms with E-state index < -0.39 is 12.2 Å². The molecule has 6 nitrogen and oxygen atoms in total. The summed E-state index contributed by atoms with van der Waals surface area (Å²) in [5.74, 6) is 0.125. The van der Waals surface area contributed by atoms with Gasteiger partial charge in [-0.25, -0.2) is 0 Å². The van der Waals surface area contributed by atoms with Crippen LogP contribution >= 0.6 is 0 Å². The Bertz CT molecular complexity index is 653. The molecule has 104 valence electrons. The van der Waals surface area contributed by atoms with Crippen LogP contribution in [0.15, 0.2) is 41.5 Å². The Kier molecular flexibility index (Phi) is 4.42. The van der Waals surface area contributed by atoms with Gasteiger partial charge in [0.25, 0.3) is 0 Å². The number of aliphatic hydroxyl groups excluding tert-OH is 2. The van der Waals surface area contributed by atoms with Crippen molar-refractivity contribution in [2.24, 2.45) is 5.11 Å². The predicted molar refractivity (Wildman–Crippen MR) is 75.2 cm³/mol. The normalized spacial score (nSPS) is 13.7. The zero-order valence-corrected chi connectivity index (χ0v) is 10.7. The summed E-state index contributed by atoms with van der Waals surface area (Å²) >= 11 is 0. The zero-order chi connectivity index (χ0) is 14.5. The molecule has 3 N–H and O–H groups in total. The minimum atomic E-state index is -1.10. The fraction of sp³-hybridized carbons (Fsp3) is 0.286. The standard InChI is InChI=1S/C14H15N3O3/c15-17-16-8-7-13(19)14(20)11-5-6-12(18)10-4-2-1-3-9(10)11/h1-6,13-14,18-20H,7-8H2. The molecule has 2 aromatic rings. The Morgan fingerprint density at radius 3 is 2.50 bits per heavy atom. The van der Waals surface area contributed by atoms with Gasteiger partial charge in [-0.1, -0.05) is 35.4 Å². The first-order valence-corrected chi connectivity index (χ1v) is 6.22. The van der Waals surface area contributed by atoms with E-state index in [1.807, 2.05) is 0 Å². The van der Waals surface area contributed by atoms with Crippen molar-refractivity contribution in [3.8, 4) is 5.75 Å². The molecule has 0 aliphatic heterocycles. The average Bonchev–Trinajstić information content (AvgIpc) is 2.47. The van der Waals surface area contributed by atoms with E-state index in [4.69, 9.17) is 5.53 Å². The number of rotatable bonds is 5. The van der Waals surface area contributed by atoms with E-state index in [0.717, 1.165) is 0 Å². The molecule has 2 rings (SSSR count). The third-order valence-corrected chi connectivity index (χ3v) is 3.21. The molecular weight excluding hydrogens is 258 g/mol. The highest BCUT2D eigenvalue weighted by atomic mass is 16.3. The largest absolute Gasteiger partial charge is 0.507 e. The van der Waals surface area contributed by atoms with Gasteiger partial charge < -0.3 is 15.3 Å². The molecule has 0 aliphatic rings. The van der Waals surface area contributed by atoms with Crippen LogP contribution < -0.4 is 0 Å². The summed E-state index contributed by atoms with van der Waals surface area (Å²) in [4.78, 5) is 2.60. The van der Waals surface area contributed by atoms with Gasteiger partial charge in [-0.05, 0) is 29.0 Å². The Morgan fingerprint density at radius 1 is 1.10 bits per heavy atom. The highest BCUT2D eigenvalue weighted by Crippen LogP contribution is 2.32. The molecule has 0 bridgehead atoms. The van der Waals surface area contributed by atoms with Gasteiger partial charge in [-0.3, -0.25) is 0 Å². The topological polar surface area (TPSA) is 109 Å². The van der Waals surface area contributed by atoms with Crippen molar-refractivity contribution in [3.05, 3.63) is 52.4 Å². The molecule has 2 unspecified atom stereocenters. The number of azide groups is 1. The van der Waals surface area contributed by atoms with Crippen molar-refractivity contribution >= 4 is 10.8 Å². The second-order valence-corrected chi connectivity index (χ2v) is 4.47. The van der Waals surface area contributed by atoms with E-state index in [2.05, 4.69) is 10.0 Å². The van der Waals surface area contributed by atoms with Crippen LogP contribution in [-0.2, 0) is 0 Å². The first kappa shape index (κ1) is 14.1. The fourth-order valence-corrected chi connectivity index (χ4v) is 2.16. The first-order chi connectivity index (χ1) is 9.65. The Labute approximate surface area is 115 Å². The van der Waals surface area contributed by atoms with Crippen LogP contribution in [0.5, 0.6) is 5.75 Å². The number of phenolic OH excluding ortho intramolecular Hbond substituents is 1. The molecule has 6 heteroatoms. The second kappa shape index (κ2) is 6.25. The van der Waals surface area contributed by atoms with Crippen molar-refractivity contribution in [2.75, 3.05) is 6.54 Å². The summed E-state index contributed by atoms with van der Waals surface area (Å²) in [6.45, 7) is 0.116. The second-order valence-electron chi connectivity index (χ2n) is 4.47. The lowest BCUT2D eigenvalue weighted by Crippen LogP contribution is -2.19. The van der Waals surface area contributed by atoms with Crippen LogP contribution in [0.1, 0.15) is 18.1 Å². The summed E-state index contributed by atoms with van der Waals surface area (Å²) < 4.78 is 0. The molecule has 0 saturated carbocycles. The maximum absolute atomic E-state index is 10.2. The molecule has 0 aliphatic carbocycles. The molecular formula is C14H15N3O3. The van der Waals surface area contributed by atoms with E-state index in [1.165, 1.54) is 6.07 Å². The maximum Gasteiger partial charge on any atom is 0.123 e. The molecule has 2 aromatic carbocycles. The maximum atomic E-state index is 10.2. The monoisotopic (exact) mass is 273 g/mol. The minimum absolute atomic E-state index is 0.116. The van der Waals surface area contributed by atoms with Crippen molar-refractivity contribution in [2.45, 2.75) is 18.6 Å². The number of aliphatic hydroxyl groups is 2. The number of hydrogen-bond donors (Lipinski definition) is 3. The van der Waals surface area contributed by atoms with Gasteiger partial charge in [0.1, 0.15) is 11.9 Å². The lowest BCUT2D eigenvalue weighted by Gasteiger charge is -2.19. The third-order valence-electron chi connectivity index (χ3n) is 3.21. The van der Waals surface area contributed by atoms with Crippen LogP contribution in [0.3, 0.4) is 0 Å². The smallest absolute Gasteiger partial charge is 0.123 e. The van der Waals surface area contributed by atoms with Crippen LogP contribution in [0.25, 0.3) is 21.2 Å². The third kappa shape index (κ3) is 2.83. The van der Waals surface area contributed by atoms with Gasteiger partial charge >= 0.3 is 0 Å². The summed E-state index contributed by atoms with van der Waals surface area (Å²) in [5, 5.41) is 34.6. The SMILES string of the molecule is [N-]=[N+]=NCCC(O)C(O)c1ccc(O)c2ccccc12. The molecule has 0 amide bonds. The van der Waals surface area contributed by atoms with Crippen molar-refractivity contribution in [3.63, 3.8) is 0 Å². The number of hydrogen-bond acceptors (Lipinski definition) is 4. The number of fused-ring (bicyclic) bond motifs is 1. The number of aromatic hydroxyl groups is 1. The fourth-order valence-electron chi connectivity index (χ4n) is 2.16. The molecule has 0 saturated heterocycles. The van der Waals surface area contributed by atoms with Gasteiger partial charge in [-0.15, -0.1) is 0 Å². The highest BCUT2D eigenvalue weighted by molar-refractivity contribution is 5.91. The first-order valence-electron chi connectivity index (χ1n) is 6.22. The molecule has 2 atom stereocenters. The Morgan fingerprint density at radius 2 is 1.80 bits per heavy atom. The molecule has 20 heavy (non-hydrogen) atoms. The quantitative estimate of drug-likeness (QED) is 0.442. The van der Waals surface area contributed by atoms with Crippen molar-refractivity contribution < 1.29 is 15.3 Å². The van der Waals surface area contributed by atoms with Gasteiger partial charge in [0.05, 0.1) is 6.10 Å². The molecule has 0 spiro atoms. The summed E-state index contributed by atoms with van der Waals surface area (Å²) in [7, 11) is 0. The van der Waals surface area contributed by atoms with Crippen LogP contribution in [-0.4, -0.2) is 28.0 Å². The number of nitrogens with zero attached hydrogens (tertiary/aromatic N) is 3. The lowest BCUT2D eigenvalue weighted by molar-refractivity contribution is 0.0159. The molecule has 0 radical (unpaired) electrons. The van der Waals surface area contributed by atoms with Crippen LogP contribution in [0.2, 0.25) is 0 Å². The Hall–Kier alpha value is -2.27. The molecule has 0 aromatic heterocycles. The number of phenols is 1. The summed E-state index contributed by atoms with van der Waals surface area (Å²) in [6.07, 6.45) is -1.97.